The van der Waals surface area contributed by atoms with E-state index in [9.17, 15) is 5.11 Å². The standard InChI is InChI=1S/C19H38OSi/c1-5-6-7-8-9-10-11-12-13-14-15-16-19(20)17-18-21(2,3)4/h19-20H,5-16H2,1-4H3/t19-/m1/s1. The van der Waals surface area contributed by atoms with Gasteiger partial charge in [-0.3, -0.25) is 0 Å². The van der Waals surface area contributed by atoms with Crippen LogP contribution in [0.15, 0.2) is 0 Å². The number of unbranched alkanes of at least 4 members (excludes halogenated alkanes) is 10. The summed E-state index contributed by atoms with van der Waals surface area (Å²) in [4.78, 5) is 0. The largest absolute Gasteiger partial charge is 0.380 e. The van der Waals surface area contributed by atoms with Crippen LogP contribution in [-0.4, -0.2) is 19.3 Å². The zero-order chi connectivity index (χ0) is 16.0. The summed E-state index contributed by atoms with van der Waals surface area (Å²) in [6.07, 6.45) is 15.3. The van der Waals surface area contributed by atoms with E-state index in [0.717, 1.165) is 12.8 Å². The predicted molar refractivity (Wildman–Crippen MR) is 98.2 cm³/mol. The molecule has 0 aliphatic carbocycles. The molecule has 0 fully saturated rings. The third-order valence-electron chi connectivity index (χ3n) is 3.69. The van der Waals surface area contributed by atoms with Gasteiger partial charge in [-0.25, -0.2) is 0 Å². The van der Waals surface area contributed by atoms with Crippen LogP contribution in [0.1, 0.15) is 84.0 Å². The normalized spacial score (nSPS) is 12.8. The van der Waals surface area contributed by atoms with Gasteiger partial charge < -0.3 is 5.11 Å². The topological polar surface area (TPSA) is 20.2 Å². The fourth-order valence-corrected chi connectivity index (χ4v) is 2.97. The van der Waals surface area contributed by atoms with E-state index < -0.39 is 14.2 Å². The Kier molecular flexibility index (Phi) is 13.2. The van der Waals surface area contributed by atoms with Crippen LogP contribution in [0.5, 0.6) is 0 Å². The molecule has 0 saturated carbocycles. The van der Waals surface area contributed by atoms with Crippen molar-refractivity contribution in [3.05, 3.63) is 0 Å². The molecule has 2 heteroatoms. The average Bonchev–Trinajstić information content (AvgIpc) is 2.42. The Balaban J connectivity index is 3.30. The Labute approximate surface area is 134 Å². The SMILES string of the molecule is CCCCCCCCCCCCC[C@@H](O)C#C[Si](C)(C)C. The maximum Gasteiger partial charge on any atom is 0.129 e. The van der Waals surface area contributed by atoms with Crippen LogP contribution in [-0.2, 0) is 0 Å². The van der Waals surface area contributed by atoms with Gasteiger partial charge in [0.25, 0.3) is 0 Å². The highest BCUT2D eigenvalue weighted by atomic mass is 28.3. The van der Waals surface area contributed by atoms with Gasteiger partial charge in [0.1, 0.15) is 14.2 Å². The summed E-state index contributed by atoms with van der Waals surface area (Å²) < 4.78 is 0. The van der Waals surface area contributed by atoms with Gasteiger partial charge in [-0.05, 0) is 12.8 Å². The van der Waals surface area contributed by atoms with Crippen molar-refractivity contribution in [3.8, 4) is 11.5 Å². The quantitative estimate of drug-likeness (QED) is 0.269. The number of aliphatic hydroxyl groups excluding tert-OH is 1. The van der Waals surface area contributed by atoms with Crippen LogP contribution < -0.4 is 0 Å². The summed E-state index contributed by atoms with van der Waals surface area (Å²) in [5.74, 6) is 3.03. The van der Waals surface area contributed by atoms with Gasteiger partial charge in [-0.2, -0.15) is 0 Å². The molecule has 0 radical (unpaired) electrons. The molecular formula is C19H38OSi. The highest BCUT2D eigenvalue weighted by Crippen LogP contribution is 2.12. The number of rotatable bonds is 12. The van der Waals surface area contributed by atoms with E-state index in [1.807, 2.05) is 0 Å². The van der Waals surface area contributed by atoms with Crippen LogP contribution in [0.3, 0.4) is 0 Å². The Morgan fingerprint density at radius 1 is 0.762 bits per heavy atom. The lowest BCUT2D eigenvalue weighted by Gasteiger charge is -2.07. The Hall–Kier alpha value is -0.263. The van der Waals surface area contributed by atoms with Gasteiger partial charge in [-0.1, -0.05) is 96.7 Å². The average molecular weight is 311 g/mol. The fraction of sp³-hybridized carbons (Fsp3) is 0.895. The maximum absolute atomic E-state index is 9.80. The molecule has 0 aliphatic heterocycles. The first-order chi connectivity index (χ1) is 9.95. The molecule has 1 atom stereocenters. The molecular weight excluding hydrogens is 272 g/mol. The van der Waals surface area contributed by atoms with Crippen molar-refractivity contribution in [1.29, 1.82) is 0 Å². The molecule has 0 rings (SSSR count). The van der Waals surface area contributed by atoms with Crippen LogP contribution >= 0.6 is 0 Å². The number of hydrogen-bond acceptors (Lipinski definition) is 1. The van der Waals surface area contributed by atoms with Crippen molar-refractivity contribution in [3.63, 3.8) is 0 Å². The molecule has 0 saturated heterocycles. The molecule has 0 aromatic rings. The Morgan fingerprint density at radius 2 is 1.19 bits per heavy atom. The van der Waals surface area contributed by atoms with Crippen LogP contribution in [0.2, 0.25) is 19.6 Å². The van der Waals surface area contributed by atoms with Crippen LogP contribution in [0.4, 0.5) is 0 Å². The molecule has 0 spiro atoms. The lowest BCUT2D eigenvalue weighted by Crippen LogP contribution is -2.17. The molecule has 21 heavy (non-hydrogen) atoms. The summed E-state index contributed by atoms with van der Waals surface area (Å²) in [5.41, 5.74) is 3.25. The summed E-state index contributed by atoms with van der Waals surface area (Å²) >= 11 is 0. The summed E-state index contributed by atoms with van der Waals surface area (Å²) in [6.45, 7) is 8.92. The zero-order valence-corrected chi connectivity index (χ0v) is 16.0. The van der Waals surface area contributed by atoms with E-state index in [1.54, 1.807) is 0 Å². The first-order valence-electron chi connectivity index (χ1n) is 9.16. The highest BCUT2D eigenvalue weighted by molar-refractivity contribution is 6.83. The molecule has 0 bridgehead atoms. The Bertz CT molecular complexity index is 282. The molecule has 0 unspecified atom stereocenters. The third kappa shape index (κ3) is 17.7. The molecule has 0 aromatic heterocycles. The molecule has 0 heterocycles. The molecule has 1 nitrogen and oxygen atoms in total. The Morgan fingerprint density at radius 3 is 1.62 bits per heavy atom. The number of aliphatic hydroxyl groups is 1. The number of hydrogen-bond donors (Lipinski definition) is 1. The summed E-state index contributed by atoms with van der Waals surface area (Å²) in [7, 11) is -1.32. The second-order valence-corrected chi connectivity index (χ2v) is 12.1. The van der Waals surface area contributed by atoms with Crippen molar-refractivity contribution in [2.24, 2.45) is 0 Å². The third-order valence-corrected chi connectivity index (χ3v) is 4.59. The van der Waals surface area contributed by atoms with E-state index in [-0.39, 0.29) is 0 Å². The van der Waals surface area contributed by atoms with E-state index >= 15 is 0 Å². The minimum absolute atomic E-state index is 0.393. The second kappa shape index (κ2) is 13.4. The highest BCUT2D eigenvalue weighted by Gasteiger charge is 2.08. The van der Waals surface area contributed by atoms with E-state index in [2.05, 4.69) is 38.0 Å². The first kappa shape index (κ1) is 20.7. The van der Waals surface area contributed by atoms with E-state index in [0.29, 0.717) is 0 Å². The van der Waals surface area contributed by atoms with Crippen molar-refractivity contribution in [2.45, 2.75) is 110 Å². The smallest absolute Gasteiger partial charge is 0.129 e. The van der Waals surface area contributed by atoms with Crippen molar-refractivity contribution in [2.75, 3.05) is 0 Å². The van der Waals surface area contributed by atoms with Crippen molar-refractivity contribution < 1.29 is 5.11 Å². The van der Waals surface area contributed by atoms with Crippen LogP contribution in [0, 0.1) is 11.5 Å². The van der Waals surface area contributed by atoms with Crippen LogP contribution in [0.25, 0.3) is 0 Å². The van der Waals surface area contributed by atoms with Gasteiger partial charge in [-0.15, -0.1) is 5.54 Å². The molecule has 0 amide bonds. The van der Waals surface area contributed by atoms with Gasteiger partial charge in [0.2, 0.25) is 0 Å². The van der Waals surface area contributed by atoms with Gasteiger partial charge in [0, 0.05) is 0 Å². The second-order valence-electron chi connectivity index (χ2n) is 7.36. The van der Waals surface area contributed by atoms with Gasteiger partial charge >= 0.3 is 0 Å². The minimum Gasteiger partial charge on any atom is -0.380 e. The van der Waals surface area contributed by atoms with Crippen molar-refractivity contribution in [1.82, 2.24) is 0 Å². The fourth-order valence-electron chi connectivity index (χ4n) is 2.37. The van der Waals surface area contributed by atoms with Crippen molar-refractivity contribution >= 4 is 8.07 Å². The van der Waals surface area contributed by atoms with E-state index in [4.69, 9.17) is 0 Å². The lowest BCUT2D eigenvalue weighted by molar-refractivity contribution is 0.217. The molecule has 124 valence electrons. The molecule has 1 N–H and O–H groups in total. The predicted octanol–water partition coefficient (Wildman–Crippen LogP) is 5.93. The summed E-state index contributed by atoms with van der Waals surface area (Å²) in [5, 5.41) is 9.80. The minimum atomic E-state index is -1.32. The summed E-state index contributed by atoms with van der Waals surface area (Å²) in [6, 6.07) is 0. The molecule has 0 aromatic carbocycles. The monoisotopic (exact) mass is 310 g/mol. The van der Waals surface area contributed by atoms with Gasteiger partial charge in [0.15, 0.2) is 0 Å². The maximum atomic E-state index is 9.80. The van der Waals surface area contributed by atoms with Gasteiger partial charge in [0.05, 0.1) is 0 Å². The lowest BCUT2D eigenvalue weighted by atomic mass is 10.0. The zero-order valence-electron chi connectivity index (χ0n) is 15.0. The molecule has 0 aliphatic rings. The van der Waals surface area contributed by atoms with E-state index in [1.165, 1.54) is 64.2 Å². The first-order valence-corrected chi connectivity index (χ1v) is 12.7.